The Balaban J connectivity index is 0.00000163. The number of carbonyl (C=O) groups is 2. The Morgan fingerprint density at radius 1 is 1.31 bits per heavy atom. The zero-order chi connectivity index (χ0) is 19.7. The maximum atomic E-state index is 12.0. The van der Waals surface area contributed by atoms with Crippen molar-refractivity contribution < 1.29 is 23.8 Å². The normalized spacial score (nSPS) is 13.7. The zero-order valence-corrected chi connectivity index (χ0v) is 16.5. The second kappa shape index (κ2) is 10.5. The molecule has 6 nitrogen and oxygen atoms in total. The number of hydrogen-bond acceptors (Lipinski definition) is 5. The van der Waals surface area contributed by atoms with E-state index in [4.69, 9.17) is 14.2 Å². The summed E-state index contributed by atoms with van der Waals surface area (Å²) in [7, 11) is 2.88. The maximum Gasteiger partial charge on any atom is 0.409 e. The zero-order valence-electron chi connectivity index (χ0n) is 16.5. The van der Waals surface area contributed by atoms with Crippen LogP contribution in [-0.2, 0) is 9.47 Å². The van der Waals surface area contributed by atoms with Crippen molar-refractivity contribution in [3.8, 4) is 5.75 Å². The molecule has 6 heteroatoms. The highest BCUT2D eigenvalue weighted by molar-refractivity contribution is 5.94. The van der Waals surface area contributed by atoms with Crippen LogP contribution in [0, 0.1) is 6.92 Å². The fourth-order valence-corrected chi connectivity index (χ4v) is 2.72. The topological polar surface area (TPSA) is 65.1 Å². The molecule has 1 aromatic rings. The van der Waals surface area contributed by atoms with Gasteiger partial charge >= 0.3 is 12.1 Å². The lowest BCUT2D eigenvalue weighted by atomic mass is 9.99. The minimum Gasteiger partial charge on any atom is -0.496 e. The van der Waals surface area contributed by atoms with Gasteiger partial charge in [0.2, 0.25) is 0 Å². The van der Waals surface area contributed by atoms with Gasteiger partial charge in [0.1, 0.15) is 17.9 Å². The third-order valence-electron chi connectivity index (χ3n) is 4.03. The smallest absolute Gasteiger partial charge is 0.409 e. The summed E-state index contributed by atoms with van der Waals surface area (Å²) in [6.45, 7) is 9.59. The van der Waals surface area contributed by atoms with Crippen molar-refractivity contribution in [1.82, 2.24) is 4.90 Å². The number of methoxy groups -OCH3 is 2. The SMILES string of the molecule is CC.COC(=O)c1cc(/C(C)=C\CCN2CCOC2=O)cc(C)c1OC. The van der Waals surface area contributed by atoms with E-state index in [9.17, 15) is 9.59 Å². The van der Waals surface area contributed by atoms with Gasteiger partial charge in [-0.1, -0.05) is 19.9 Å². The van der Waals surface area contributed by atoms with E-state index in [0.29, 0.717) is 31.0 Å². The molecule has 1 aliphatic rings. The van der Waals surface area contributed by atoms with Crippen molar-refractivity contribution in [2.24, 2.45) is 0 Å². The number of benzene rings is 1. The molecule has 1 saturated heterocycles. The molecule has 1 fully saturated rings. The Kier molecular flexibility index (Phi) is 8.68. The van der Waals surface area contributed by atoms with Gasteiger partial charge in [0, 0.05) is 6.54 Å². The highest BCUT2D eigenvalue weighted by Crippen LogP contribution is 2.29. The van der Waals surface area contributed by atoms with Crippen molar-refractivity contribution >= 4 is 17.6 Å². The van der Waals surface area contributed by atoms with E-state index in [2.05, 4.69) is 0 Å². The molecule has 0 unspecified atom stereocenters. The number of rotatable bonds is 6. The molecule has 0 spiro atoms. The molecule has 2 rings (SSSR count). The van der Waals surface area contributed by atoms with E-state index in [1.807, 2.05) is 39.8 Å². The highest BCUT2D eigenvalue weighted by Gasteiger charge is 2.20. The number of ether oxygens (including phenoxy) is 3. The van der Waals surface area contributed by atoms with Crippen LogP contribution in [0.3, 0.4) is 0 Å². The van der Waals surface area contributed by atoms with Crippen LogP contribution in [0.25, 0.3) is 5.57 Å². The van der Waals surface area contributed by atoms with E-state index in [0.717, 1.165) is 23.1 Å². The third-order valence-corrected chi connectivity index (χ3v) is 4.03. The van der Waals surface area contributed by atoms with Crippen molar-refractivity contribution in [3.63, 3.8) is 0 Å². The standard InChI is InChI=1S/C18H23NO5.C2H6/c1-12(6-5-7-19-8-9-24-18(19)21)14-10-13(2)16(22-3)15(11-14)17(20)23-4;1-2/h6,10-11H,5,7-9H2,1-4H3;1-2H3/b12-6-;. The maximum absolute atomic E-state index is 12.0. The Labute approximate surface area is 155 Å². The van der Waals surface area contributed by atoms with Crippen LogP contribution in [0.2, 0.25) is 0 Å². The van der Waals surface area contributed by atoms with Crippen LogP contribution in [0.15, 0.2) is 18.2 Å². The van der Waals surface area contributed by atoms with Crippen molar-refractivity contribution in [2.45, 2.75) is 34.1 Å². The van der Waals surface area contributed by atoms with Gasteiger partial charge in [0.05, 0.1) is 20.8 Å². The molecule has 26 heavy (non-hydrogen) atoms. The second-order valence-corrected chi connectivity index (χ2v) is 5.64. The van der Waals surface area contributed by atoms with Gasteiger partial charge in [-0.05, 0) is 49.1 Å². The lowest BCUT2D eigenvalue weighted by Gasteiger charge is -2.14. The van der Waals surface area contributed by atoms with Crippen LogP contribution >= 0.6 is 0 Å². The van der Waals surface area contributed by atoms with Crippen molar-refractivity contribution in [1.29, 1.82) is 0 Å². The molecule has 0 saturated carbocycles. The number of esters is 1. The molecule has 1 amide bonds. The van der Waals surface area contributed by atoms with Crippen LogP contribution in [0.1, 0.15) is 48.7 Å². The molecular formula is C20H29NO5. The molecule has 1 aromatic carbocycles. The first-order valence-electron chi connectivity index (χ1n) is 8.83. The Morgan fingerprint density at radius 3 is 2.54 bits per heavy atom. The van der Waals surface area contributed by atoms with Crippen molar-refractivity contribution in [3.05, 3.63) is 34.9 Å². The minimum atomic E-state index is -0.426. The summed E-state index contributed by atoms with van der Waals surface area (Å²) < 4.78 is 15.1. The molecule has 0 bridgehead atoms. The third kappa shape index (κ3) is 5.25. The number of amides is 1. The summed E-state index contributed by atoms with van der Waals surface area (Å²) in [5.74, 6) is 0.0997. The molecular weight excluding hydrogens is 334 g/mol. The number of allylic oxidation sites excluding steroid dienone is 1. The second-order valence-electron chi connectivity index (χ2n) is 5.64. The van der Waals surface area contributed by atoms with Gasteiger partial charge in [-0.15, -0.1) is 0 Å². The Morgan fingerprint density at radius 2 is 2.00 bits per heavy atom. The molecule has 0 atom stereocenters. The summed E-state index contributed by atoms with van der Waals surface area (Å²) in [4.78, 5) is 25.1. The minimum absolute atomic E-state index is 0.255. The summed E-state index contributed by atoms with van der Waals surface area (Å²) in [5.41, 5.74) is 3.23. The Bertz CT molecular complexity index is 666. The van der Waals surface area contributed by atoms with Crippen molar-refractivity contribution in [2.75, 3.05) is 33.9 Å². The lowest BCUT2D eigenvalue weighted by molar-refractivity contribution is 0.0597. The predicted molar refractivity (Wildman–Crippen MR) is 102 cm³/mol. The van der Waals surface area contributed by atoms with E-state index in [1.165, 1.54) is 14.2 Å². The first-order chi connectivity index (χ1) is 12.5. The van der Waals surface area contributed by atoms with E-state index in [-0.39, 0.29) is 6.09 Å². The summed E-state index contributed by atoms with van der Waals surface area (Å²) in [6.07, 6.45) is 2.52. The first-order valence-corrected chi connectivity index (χ1v) is 8.83. The average Bonchev–Trinajstić information content (AvgIpc) is 3.06. The van der Waals surface area contributed by atoms with Gasteiger partial charge in [0.15, 0.2) is 0 Å². The number of nitrogens with zero attached hydrogens (tertiary/aromatic N) is 1. The number of aryl methyl sites for hydroxylation is 1. The number of hydrogen-bond donors (Lipinski definition) is 0. The fraction of sp³-hybridized carbons (Fsp3) is 0.500. The molecule has 1 heterocycles. The quantitative estimate of drug-likeness (QED) is 0.713. The summed E-state index contributed by atoms with van der Waals surface area (Å²) >= 11 is 0. The highest BCUT2D eigenvalue weighted by atomic mass is 16.6. The molecule has 0 N–H and O–H groups in total. The number of carbonyl (C=O) groups excluding carboxylic acids is 2. The van der Waals surface area contributed by atoms with Crippen LogP contribution in [-0.4, -0.2) is 50.9 Å². The van der Waals surface area contributed by atoms with Gasteiger partial charge in [0.25, 0.3) is 0 Å². The largest absolute Gasteiger partial charge is 0.496 e. The van der Waals surface area contributed by atoms with Gasteiger partial charge in [-0.2, -0.15) is 0 Å². The van der Waals surface area contributed by atoms with Crippen LogP contribution < -0.4 is 4.74 Å². The number of cyclic esters (lactones) is 1. The van der Waals surface area contributed by atoms with E-state index < -0.39 is 5.97 Å². The van der Waals surface area contributed by atoms with E-state index >= 15 is 0 Å². The molecule has 1 aliphatic heterocycles. The lowest BCUT2D eigenvalue weighted by Crippen LogP contribution is -2.24. The fourth-order valence-electron chi connectivity index (χ4n) is 2.72. The van der Waals surface area contributed by atoms with Gasteiger partial charge in [-0.25, -0.2) is 9.59 Å². The average molecular weight is 363 g/mol. The Hall–Kier alpha value is -2.50. The molecule has 0 radical (unpaired) electrons. The molecule has 0 aliphatic carbocycles. The van der Waals surface area contributed by atoms with Gasteiger partial charge in [-0.3, -0.25) is 0 Å². The summed E-state index contributed by atoms with van der Waals surface area (Å²) in [5, 5.41) is 0. The van der Waals surface area contributed by atoms with E-state index in [1.54, 1.807) is 11.0 Å². The van der Waals surface area contributed by atoms with Gasteiger partial charge < -0.3 is 19.1 Å². The monoisotopic (exact) mass is 363 g/mol. The first kappa shape index (κ1) is 21.5. The predicted octanol–water partition coefficient (Wildman–Crippen LogP) is 4.06. The summed E-state index contributed by atoms with van der Waals surface area (Å²) in [6, 6.07) is 3.74. The molecule has 144 valence electrons. The van der Waals surface area contributed by atoms with Crippen LogP contribution in [0.4, 0.5) is 4.79 Å². The van der Waals surface area contributed by atoms with Crippen LogP contribution in [0.5, 0.6) is 5.75 Å². The molecule has 0 aromatic heterocycles.